The lowest BCUT2D eigenvalue weighted by molar-refractivity contribution is -0.139. The maximum atomic E-state index is 10.5. The molecule has 3 nitrogen and oxygen atoms in total. The van der Waals surface area contributed by atoms with Gasteiger partial charge in [0.1, 0.15) is 6.61 Å². The topological polar surface area (TPSA) is 46.5 Å². The maximum absolute atomic E-state index is 10.5. The summed E-state index contributed by atoms with van der Waals surface area (Å²) in [5.74, 6) is -0.242. The monoisotopic (exact) mass is 240 g/mol. The van der Waals surface area contributed by atoms with E-state index in [9.17, 15) is 4.79 Å². The SMILES string of the molecule is CC(=O)OC/C=C(\C)CC/C=C(\C)CCCO. The van der Waals surface area contributed by atoms with E-state index >= 15 is 0 Å². The molecule has 0 fully saturated rings. The summed E-state index contributed by atoms with van der Waals surface area (Å²) in [7, 11) is 0. The second-order valence-corrected chi connectivity index (χ2v) is 4.27. The molecule has 0 bridgehead atoms. The lowest BCUT2D eigenvalue weighted by atomic mass is 10.1. The fourth-order valence-corrected chi connectivity index (χ4v) is 1.41. The van der Waals surface area contributed by atoms with Crippen molar-refractivity contribution in [1.29, 1.82) is 0 Å². The average molecular weight is 240 g/mol. The van der Waals surface area contributed by atoms with Gasteiger partial charge in [-0.2, -0.15) is 0 Å². The van der Waals surface area contributed by atoms with Gasteiger partial charge in [0, 0.05) is 13.5 Å². The zero-order valence-corrected chi connectivity index (χ0v) is 11.2. The quantitative estimate of drug-likeness (QED) is 0.524. The highest BCUT2D eigenvalue weighted by molar-refractivity contribution is 5.66. The zero-order chi connectivity index (χ0) is 13.1. The molecule has 0 aliphatic rings. The van der Waals surface area contributed by atoms with Gasteiger partial charge in [-0.25, -0.2) is 0 Å². The molecule has 1 N–H and O–H groups in total. The first-order valence-electron chi connectivity index (χ1n) is 6.11. The molecule has 0 atom stereocenters. The average Bonchev–Trinajstić information content (AvgIpc) is 2.25. The predicted octanol–water partition coefficient (Wildman–Crippen LogP) is 2.99. The van der Waals surface area contributed by atoms with Crippen LogP contribution in [0.2, 0.25) is 0 Å². The number of esters is 1. The van der Waals surface area contributed by atoms with Crippen molar-refractivity contribution in [3.8, 4) is 0 Å². The van der Waals surface area contributed by atoms with Crippen molar-refractivity contribution < 1.29 is 14.6 Å². The summed E-state index contributed by atoms with van der Waals surface area (Å²) in [6, 6.07) is 0. The second-order valence-electron chi connectivity index (χ2n) is 4.27. The minimum atomic E-state index is -0.242. The molecule has 0 unspecified atom stereocenters. The fraction of sp³-hybridized carbons (Fsp3) is 0.643. The molecule has 0 saturated carbocycles. The van der Waals surface area contributed by atoms with Crippen LogP contribution in [-0.4, -0.2) is 24.3 Å². The van der Waals surface area contributed by atoms with Crippen molar-refractivity contribution in [2.75, 3.05) is 13.2 Å². The maximum Gasteiger partial charge on any atom is 0.302 e. The van der Waals surface area contributed by atoms with Gasteiger partial charge in [0.25, 0.3) is 0 Å². The van der Waals surface area contributed by atoms with Crippen LogP contribution in [0.25, 0.3) is 0 Å². The van der Waals surface area contributed by atoms with Crippen LogP contribution in [0.5, 0.6) is 0 Å². The van der Waals surface area contributed by atoms with Gasteiger partial charge in [-0.05, 0) is 45.6 Å². The van der Waals surface area contributed by atoms with Gasteiger partial charge in [-0.15, -0.1) is 0 Å². The van der Waals surface area contributed by atoms with Crippen LogP contribution >= 0.6 is 0 Å². The van der Waals surface area contributed by atoms with Gasteiger partial charge < -0.3 is 9.84 Å². The molecule has 0 heterocycles. The number of aliphatic hydroxyl groups excluding tert-OH is 1. The van der Waals surface area contributed by atoms with Crippen LogP contribution < -0.4 is 0 Å². The molecule has 0 aromatic rings. The molecule has 0 spiro atoms. The number of rotatable bonds is 8. The third-order valence-electron chi connectivity index (χ3n) is 2.48. The molecule has 0 amide bonds. The van der Waals surface area contributed by atoms with Crippen molar-refractivity contribution in [2.45, 2.75) is 46.5 Å². The second kappa shape index (κ2) is 10.1. The Kier molecular flexibility index (Phi) is 9.44. The van der Waals surface area contributed by atoms with Crippen LogP contribution in [0.4, 0.5) is 0 Å². The first-order chi connectivity index (χ1) is 8.06. The van der Waals surface area contributed by atoms with E-state index < -0.39 is 0 Å². The van der Waals surface area contributed by atoms with E-state index in [-0.39, 0.29) is 12.6 Å². The number of ether oxygens (including phenoxy) is 1. The van der Waals surface area contributed by atoms with Crippen molar-refractivity contribution in [3.05, 3.63) is 23.3 Å². The number of carbonyl (C=O) groups is 1. The molecule has 0 rings (SSSR count). The van der Waals surface area contributed by atoms with Crippen molar-refractivity contribution in [3.63, 3.8) is 0 Å². The van der Waals surface area contributed by atoms with Crippen molar-refractivity contribution >= 4 is 5.97 Å². The summed E-state index contributed by atoms with van der Waals surface area (Å²) < 4.78 is 4.83. The molecule has 0 saturated heterocycles. The number of carbonyl (C=O) groups excluding carboxylic acids is 1. The summed E-state index contributed by atoms with van der Waals surface area (Å²) >= 11 is 0. The summed E-state index contributed by atoms with van der Waals surface area (Å²) in [6.07, 6.45) is 7.94. The van der Waals surface area contributed by atoms with Crippen molar-refractivity contribution in [1.82, 2.24) is 0 Å². The highest BCUT2D eigenvalue weighted by atomic mass is 16.5. The summed E-state index contributed by atoms with van der Waals surface area (Å²) in [5.41, 5.74) is 2.56. The lowest BCUT2D eigenvalue weighted by Gasteiger charge is -2.02. The molecule has 3 heteroatoms. The number of hydrogen-bond donors (Lipinski definition) is 1. The minimum Gasteiger partial charge on any atom is -0.462 e. The van der Waals surface area contributed by atoms with E-state index in [1.165, 1.54) is 18.1 Å². The third kappa shape index (κ3) is 11.2. The molecular formula is C14H24O3. The molecule has 0 aromatic heterocycles. The van der Waals surface area contributed by atoms with E-state index in [1.807, 2.05) is 13.0 Å². The Labute approximate surface area is 104 Å². The first kappa shape index (κ1) is 15.9. The summed E-state index contributed by atoms with van der Waals surface area (Å²) in [6.45, 7) is 6.17. The van der Waals surface area contributed by atoms with E-state index in [0.29, 0.717) is 6.61 Å². The number of allylic oxidation sites excluding steroid dienone is 3. The van der Waals surface area contributed by atoms with Gasteiger partial charge in [0.15, 0.2) is 0 Å². The molecule has 98 valence electrons. The summed E-state index contributed by atoms with van der Waals surface area (Å²) in [4.78, 5) is 10.5. The number of hydrogen-bond acceptors (Lipinski definition) is 3. The van der Waals surface area contributed by atoms with E-state index in [1.54, 1.807) is 0 Å². The van der Waals surface area contributed by atoms with Crippen LogP contribution in [0, 0.1) is 0 Å². The Morgan fingerprint density at radius 2 is 1.76 bits per heavy atom. The van der Waals surface area contributed by atoms with Crippen LogP contribution in [0.1, 0.15) is 46.5 Å². The van der Waals surface area contributed by atoms with Gasteiger partial charge in [0.2, 0.25) is 0 Å². The Balaban J connectivity index is 3.75. The van der Waals surface area contributed by atoms with Gasteiger partial charge in [0.05, 0.1) is 0 Å². The summed E-state index contributed by atoms with van der Waals surface area (Å²) in [5, 5.41) is 8.69. The number of aliphatic hydroxyl groups is 1. The first-order valence-corrected chi connectivity index (χ1v) is 6.11. The van der Waals surface area contributed by atoms with Crippen LogP contribution in [0.3, 0.4) is 0 Å². The molecule has 0 aromatic carbocycles. The van der Waals surface area contributed by atoms with Gasteiger partial charge in [-0.3, -0.25) is 4.79 Å². The lowest BCUT2D eigenvalue weighted by Crippen LogP contribution is -1.98. The van der Waals surface area contributed by atoms with Crippen molar-refractivity contribution in [2.24, 2.45) is 0 Å². The molecule has 0 aliphatic heterocycles. The molecule has 0 radical (unpaired) electrons. The molecular weight excluding hydrogens is 216 g/mol. The van der Waals surface area contributed by atoms with E-state index in [4.69, 9.17) is 9.84 Å². The van der Waals surface area contributed by atoms with Crippen LogP contribution in [0.15, 0.2) is 23.3 Å². The minimum absolute atomic E-state index is 0.242. The van der Waals surface area contributed by atoms with E-state index in [2.05, 4.69) is 13.0 Å². The largest absolute Gasteiger partial charge is 0.462 e. The van der Waals surface area contributed by atoms with Gasteiger partial charge >= 0.3 is 5.97 Å². The molecule has 17 heavy (non-hydrogen) atoms. The van der Waals surface area contributed by atoms with Crippen LogP contribution in [-0.2, 0) is 9.53 Å². The van der Waals surface area contributed by atoms with Gasteiger partial charge in [-0.1, -0.05) is 17.2 Å². The highest BCUT2D eigenvalue weighted by Gasteiger charge is 1.93. The normalized spacial score (nSPS) is 12.7. The standard InChI is InChI=1S/C14H24O3/c1-12(8-5-10-15)6-4-7-13(2)9-11-17-14(3)16/h6,9,15H,4-5,7-8,10-11H2,1-3H3/b12-6+,13-9+. The predicted molar refractivity (Wildman–Crippen MR) is 69.7 cm³/mol. The highest BCUT2D eigenvalue weighted by Crippen LogP contribution is 2.09. The Hall–Kier alpha value is -1.09. The zero-order valence-electron chi connectivity index (χ0n) is 11.2. The molecule has 0 aliphatic carbocycles. The Morgan fingerprint density at radius 1 is 1.12 bits per heavy atom. The fourth-order valence-electron chi connectivity index (χ4n) is 1.41. The third-order valence-corrected chi connectivity index (χ3v) is 2.48. The Morgan fingerprint density at radius 3 is 2.35 bits per heavy atom. The van der Waals surface area contributed by atoms with E-state index in [0.717, 1.165) is 25.7 Å². The Bertz CT molecular complexity index is 277. The smallest absolute Gasteiger partial charge is 0.302 e.